The monoisotopic (exact) mass is 372 g/mol. The highest BCUT2D eigenvalue weighted by Crippen LogP contribution is 2.23. The van der Waals surface area contributed by atoms with Crippen molar-refractivity contribution >= 4 is 17.4 Å². The molecule has 2 aromatic rings. The van der Waals surface area contributed by atoms with Crippen LogP contribution in [0.15, 0.2) is 42.5 Å². The molecule has 0 spiro atoms. The molecule has 0 aromatic heterocycles. The Kier molecular flexibility index (Phi) is 6.30. The van der Waals surface area contributed by atoms with Crippen LogP contribution in [0.5, 0.6) is 5.75 Å². The van der Waals surface area contributed by atoms with Crippen molar-refractivity contribution in [2.45, 2.75) is 20.0 Å². The van der Waals surface area contributed by atoms with E-state index in [1.807, 2.05) is 36.4 Å². The molecule has 3 rings (SSSR count). The lowest BCUT2D eigenvalue weighted by Crippen LogP contribution is -2.45. The lowest BCUT2D eigenvalue weighted by atomic mass is 10.1. The number of carbonyl (C=O) groups is 1. The van der Waals surface area contributed by atoms with Gasteiger partial charge in [-0.15, -0.1) is 0 Å². The second-order valence-corrected chi connectivity index (χ2v) is 7.20. The predicted octanol–water partition coefficient (Wildman–Crippen LogP) is 3.87. The highest BCUT2D eigenvalue weighted by Gasteiger charge is 2.19. The second kappa shape index (κ2) is 8.67. The molecule has 0 saturated carbocycles. The van der Waals surface area contributed by atoms with Crippen LogP contribution in [0.2, 0.25) is 5.02 Å². The van der Waals surface area contributed by atoms with E-state index in [0.29, 0.717) is 0 Å². The molecule has 1 heterocycles. The summed E-state index contributed by atoms with van der Waals surface area (Å²) in [4.78, 5) is 16.5. The van der Waals surface area contributed by atoms with E-state index in [2.05, 4.69) is 15.9 Å². The molecule has 1 aliphatic rings. The lowest BCUT2D eigenvalue weighted by Gasteiger charge is -2.35. The van der Waals surface area contributed by atoms with E-state index in [-0.39, 0.29) is 5.78 Å². The van der Waals surface area contributed by atoms with Gasteiger partial charge in [0.15, 0.2) is 5.78 Å². The van der Waals surface area contributed by atoms with Crippen LogP contribution in [0.1, 0.15) is 28.4 Å². The highest BCUT2D eigenvalue weighted by atomic mass is 35.5. The predicted molar refractivity (Wildman–Crippen MR) is 105 cm³/mol. The van der Waals surface area contributed by atoms with Gasteiger partial charge in [0.1, 0.15) is 5.75 Å². The fourth-order valence-corrected chi connectivity index (χ4v) is 3.57. The average Bonchev–Trinajstić information content (AvgIpc) is 2.63. The lowest BCUT2D eigenvalue weighted by molar-refractivity contribution is 0.101. The van der Waals surface area contributed by atoms with Gasteiger partial charge >= 0.3 is 0 Å². The summed E-state index contributed by atoms with van der Waals surface area (Å²) in [6.07, 6.45) is 0. The van der Waals surface area contributed by atoms with E-state index >= 15 is 0 Å². The van der Waals surface area contributed by atoms with Crippen LogP contribution in [0.3, 0.4) is 0 Å². The van der Waals surface area contributed by atoms with Gasteiger partial charge in [0.2, 0.25) is 0 Å². The normalized spacial score (nSPS) is 15.8. The van der Waals surface area contributed by atoms with E-state index in [0.717, 1.165) is 61.2 Å². The van der Waals surface area contributed by atoms with E-state index in [1.165, 1.54) is 5.56 Å². The van der Waals surface area contributed by atoms with Gasteiger partial charge in [-0.1, -0.05) is 23.7 Å². The molecule has 26 heavy (non-hydrogen) atoms. The van der Waals surface area contributed by atoms with Crippen LogP contribution in [0, 0.1) is 0 Å². The van der Waals surface area contributed by atoms with Crippen LogP contribution >= 0.6 is 11.6 Å². The van der Waals surface area contributed by atoms with Gasteiger partial charge in [0, 0.05) is 55.4 Å². The standard InChI is InChI=1S/C21H25ClN2O2/c1-16(25)18-6-7-21(26-2)19(13-18)15-24-10-8-23(9-11-24)14-17-4-3-5-20(22)12-17/h3-7,12-13H,8-11,14-15H2,1-2H3. The molecule has 0 aliphatic carbocycles. The zero-order valence-corrected chi connectivity index (χ0v) is 16.1. The quantitative estimate of drug-likeness (QED) is 0.721. The maximum atomic E-state index is 11.7. The van der Waals surface area contributed by atoms with Gasteiger partial charge in [-0.2, -0.15) is 0 Å². The van der Waals surface area contributed by atoms with Crippen LogP contribution in [-0.2, 0) is 13.1 Å². The molecule has 5 heteroatoms. The molecule has 0 N–H and O–H groups in total. The van der Waals surface area contributed by atoms with Crippen molar-refractivity contribution in [1.82, 2.24) is 9.80 Å². The van der Waals surface area contributed by atoms with E-state index in [1.54, 1.807) is 14.0 Å². The molecular formula is C21H25ClN2O2. The number of hydrogen-bond donors (Lipinski definition) is 0. The molecule has 2 aromatic carbocycles. The molecule has 0 radical (unpaired) electrons. The van der Waals surface area contributed by atoms with Crippen molar-refractivity contribution in [3.05, 3.63) is 64.2 Å². The SMILES string of the molecule is COc1ccc(C(C)=O)cc1CN1CCN(Cc2cccc(Cl)c2)CC1. The van der Waals surface area contributed by atoms with Crippen molar-refractivity contribution in [3.63, 3.8) is 0 Å². The Morgan fingerprint density at radius 2 is 1.73 bits per heavy atom. The maximum Gasteiger partial charge on any atom is 0.159 e. The number of nitrogens with zero attached hydrogens (tertiary/aromatic N) is 2. The Hall–Kier alpha value is -1.88. The zero-order chi connectivity index (χ0) is 18.5. The number of piperazine rings is 1. The molecule has 0 amide bonds. The fraction of sp³-hybridized carbons (Fsp3) is 0.381. The minimum atomic E-state index is 0.0836. The largest absolute Gasteiger partial charge is 0.496 e. The molecule has 0 atom stereocenters. The Morgan fingerprint density at radius 1 is 1.04 bits per heavy atom. The van der Waals surface area contributed by atoms with E-state index in [4.69, 9.17) is 16.3 Å². The summed E-state index contributed by atoms with van der Waals surface area (Å²) in [6.45, 7) is 7.34. The number of rotatable bonds is 6. The molecule has 138 valence electrons. The Labute approximate surface area is 160 Å². The number of carbonyl (C=O) groups excluding carboxylic acids is 1. The van der Waals surface area contributed by atoms with Gasteiger partial charge in [-0.25, -0.2) is 0 Å². The first-order valence-corrected chi connectivity index (χ1v) is 9.30. The van der Waals surface area contributed by atoms with Crippen LogP contribution in [-0.4, -0.2) is 48.9 Å². The third-order valence-electron chi connectivity index (χ3n) is 4.84. The Morgan fingerprint density at radius 3 is 2.35 bits per heavy atom. The minimum Gasteiger partial charge on any atom is -0.496 e. The van der Waals surface area contributed by atoms with Crippen molar-refractivity contribution < 1.29 is 9.53 Å². The number of ether oxygens (including phenoxy) is 1. The summed E-state index contributed by atoms with van der Waals surface area (Å²) in [7, 11) is 1.68. The number of ketones is 1. The summed E-state index contributed by atoms with van der Waals surface area (Å²) >= 11 is 6.08. The topological polar surface area (TPSA) is 32.8 Å². The minimum absolute atomic E-state index is 0.0836. The summed E-state index contributed by atoms with van der Waals surface area (Å²) < 4.78 is 5.47. The summed E-state index contributed by atoms with van der Waals surface area (Å²) in [5.74, 6) is 0.927. The van der Waals surface area contributed by atoms with Gasteiger partial charge in [0.05, 0.1) is 7.11 Å². The van der Waals surface area contributed by atoms with Crippen molar-refractivity contribution in [2.75, 3.05) is 33.3 Å². The Bertz CT molecular complexity index is 770. The van der Waals surface area contributed by atoms with Crippen LogP contribution in [0.25, 0.3) is 0 Å². The first kappa shape index (κ1) is 18.9. The van der Waals surface area contributed by atoms with Gasteiger partial charge in [0.25, 0.3) is 0 Å². The summed E-state index contributed by atoms with van der Waals surface area (Å²) in [5.41, 5.74) is 3.06. The highest BCUT2D eigenvalue weighted by molar-refractivity contribution is 6.30. The van der Waals surface area contributed by atoms with Crippen molar-refractivity contribution in [1.29, 1.82) is 0 Å². The van der Waals surface area contributed by atoms with Crippen LogP contribution in [0.4, 0.5) is 0 Å². The molecule has 0 unspecified atom stereocenters. The van der Waals surface area contributed by atoms with E-state index in [9.17, 15) is 4.79 Å². The van der Waals surface area contributed by atoms with Gasteiger partial charge < -0.3 is 4.74 Å². The summed E-state index contributed by atoms with van der Waals surface area (Å²) in [6, 6.07) is 13.7. The van der Waals surface area contributed by atoms with Gasteiger partial charge in [-0.3, -0.25) is 14.6 Å². The van der Waals surface area contributed by atoms with E-state index < -0.39 is 0 Å². The molecule has 4 nitrogen and oxygen atoms in total. The first-order valence-electron chi connectivity index (χ1n) is 8.92. The fourth-order valence-electron chi connectivity index (χ4n) is 3.36. The molecule has 1 saturated heterocycles. The van der Waals surface area contributed by atoms with Crippen molar-refractivity contribution in [3.8, 4) is 5.75 Å². The third kappa shape index (κ3) is 4.85. The molecule has 1 aliphatic heterocycles. The smallest absolute Gasteiger partial charge is 0.159 e. The molecule has 1 fully saturated rings. The maximum absolute atomic E-state index is 11.7. The first-order chi connectivity index (χ1) is 12.5. The van der Waals surface area contributed by atoms with Gasteiger partial charge in [-0.05, 0) is 42.8 Å². The second-order valence-electron chi connectivity index (χ2n) is 6.77. The molecular weight excluding hydrogens is 348 g/mol. The number of halogens is 1. The van der Waals surface area contributed by atoms with Crippen molar-refractivity contribution in [2.24, 2.45) is 0 Å². The number of hydrogen-bond acceptors (Lipinski definition) is 4. The molecule has 0 bridgehead atoms. The zero-order valence-electron chi connectivity index (χ0n) is 15.4. The Balaban J connectivity index is 1.58. The third-order valence-corrected chi connectivity index (χ3v) is 5.08. The number of benzene rings is 2. The number of Topliss-reactive ketones (excluding diaryl/α,β-unsaturated/α-hetero) is 1. The number of methoxy groups -OCH3 is 1. The summed E-state index contributed by atoms with van der Waals surface area (Å²) in [5, 5.41) is 0.790. The average molecular weight is 373 g/mol. The van der Waals surface area contributed by atoms with Crippen LogP contribution < -0.4 is 4.74 Å².